The van der Waals surface area contributed by atoms with Crippen LogP contribution in [0.25, 0.3) is 0 Å². The summed E-state index contributed by atoms with van der Waals surface area (Å²) in [5.41, 5.74) is 0.263. The van der Waals surface area contributed by atoms with Gasteiger partial charge in [0.2, 0.25) is 0 Å². The zero-order valence-electron chi connectivity index (χ0n) is 19.1. The summed E-state index contributed by atoms with van der Waals surface area (Å²) in [6.45, 7) is 6.30. The molecule has 8 atom stereocenters. The van der Waals surface area contributed by atoms with Gasteiger partial charge in [-0.15, -0.1) is 0 Å². The molecule has 3 saturated carbocycles. The third kappa shape index (κ3) is 3.54. The molecule has 0 amide bonds. The molecule has 31 heavy (non-hydrogen) atoms. The molecule has 4 rings (SSSR count). The van der Waals surface area contributed by atoms with Crippen molar-refractivity contribution in [2.75, 3.05) is 0 Å². The van der Waals surface area contributed by atoms with Crippen LogP contribution in [0.4, 0.5) is 0 Å². The van der Waals surface area contributed by atoms with Crippen molar-refractivity contribution < 1.29 is 29.6 Å². The number of carboxylic acid groups (broad SMARTS) is 1. The first kappa shape index (κ1) is 22.8. The van der Waals surface area contributed by atoms with Gasteiger partial charge in [0.25, 0.3) is 0 Å². The number of carbonyl (C=O) groups excluding carboxylic acids is 1. The molecule has 0 radical (unpaired) electrons. The number of aliphatic carboxylic acids is 1. The molecule has 6 heteroatoms. The number of hydrogen-bond acceptors (Lipinski definition) is 5. The average molecular weight is 435 g/mol. The number of carbonyl (C=O) groups is 2. The van der Waals surface area contributed by atoms with Crippen LogP contribution in [-0.2, 0) is 14.3 Å². The van der Waals surface area contributed by atoms with E-state index in [0.717, 1.165) is 44.9 Å². The van der Waals surface area contributed by atoms with Crippen molar-refractivity contribution in [1.82, 2.24) is 0 Å². The molecule has 3 fully saturated rings. The highest BCUT2D eigenvalue weighted by atomic mass is 16.5. The van der Waals surface area contributed by atoms with E-state index in [2.05, 4.69) is 19.9 Å². The van der Waals surface area contributed by atoms with Crippen molar-refractivity contribution in [2.45, 2.75) is 103 Å². The number of hydrogen-bond donors (Lipinski definition) is 3. The zero-order chi connectivity index (χ0) is 22.6. The van der Waals surface area contributed by atoms with E-state index in [0.29, 0.717) is 24.2 Å². The highest BCUT2D eigenvalue weighted by molar-refractivity contribution is 5.76. The minimum atomic E-state index is -0.991. The molecule has 6 unspecified atom stereocenters. The Balaban J connectivity index is 1.48. The molecule has 3 N–H and O–H groups in total. The molecule has 0 bridgehead atoms. The molecule has 0 aliphatic heterocycles. The second kappa shape index (κ2) is 7.87. The van der Waals surface area contributed by atoms with Gasteiger partial charge in [0, 0.05) is 11.8 Å². The zero-order valence-corrected chi connectivity index (χ0v) is 19.1. The van der Waals surface area contributed by atoms with Gasteiger partial charge < -0.3 is 20.1 Å². The largest absolute Gasteiger partial charge is 0.481 e. The Morgan fingerprint density at radius 3 is 2.52 bits per heavy atom. The maximum Gasteiger partial charge on any atom is 0.306 e. The summed E-state index contributed by atoms with van der Waals surface area (Å²) in [6, 6.07) is 0. The van der Waals surface area contributed by atoms with Crippen LogP contribution >= 0.6 is 0 Å². The van der Waals surface area contributed by atoms with Crippen LogP contribution in [0.1, 0.15) is 85.0 Å². The fraction of sp³-hybridized carbons (Fsp3) is 0.840. The average Bonchev–Trinajstić information content (AvgIpc) is 2.99. The van der Waals surface area contributed by atoms with Crippen LogP contribution in [0.3, 0.4) is 0 Å². The molecule has 6 nitrogen and oxygen atoms in total. The maximum atomic E-state index is 12.0. The second-order valence-electron chi connectivity index (χ2n) is 11.1. The van der Waals surface area contributed by atoms with Gasteiger partial charge in [0.1, 0.15) is 6.10 Å². The van der Waals surface area contributed by atoms with Gasteiger partial charge in [0.15, 0.2) is 0 Å². The lowest BCUT2D eigenvalue weighted by molar-refractivity contribution is -0.171. The first-order valence-corrected chi connectivity index (χ1v) is 12.0. The normalized spacial score (nSPS) is 45.0. The van der Waals surface area contributed by atoms with Gasteiger partial charge in [-0.2, -0.15) is 0 Å². The van der Waals surface area contributed by atoms with Gasteiger partial charge in [-0.3, -0.25) is 9.59 Å². The minimum absolute atomic E-state index is 0.0701. The van der Waals surface area contributed by atoms with Crippen LogP contribution in [0.2, 0.25) is 0 Å². The Hall–Kier alpha value is -1.40. The fourth-order valence-corrected chi connectivity index (χ4v) is 7.92. The Morgan fingerprint density at radius 1 is 1.13 bits per heavy atom. The van der Waals surface area contributed by atoms with Crippen molar-refractivity contribution in [3.63, 3.8) is 0 Å². The van der Waals surface area contributed by atoms with Crippen LogP contribution in [0.5, 0.6) is 0 Å². The molecule has 174 valence electrons. The molecule has 4 aliphatic carbocycles. The molecule has 0 aromatic rings. The predicted octanol–water partition coefficient (Wildman–Crippen LogP) is 3.84. The van der Waals surface area contributed by atoms with E-state index >= 15 is 0 Å². The first-order valence-electron chi connectivity index (χ1n) is 12.0. The summed E-state index contributed by atoms with van der Waals surface area (Å²) in [5, 5.41) is 30.5. The molecule has 4 aliphatic rings. The molecule has 0 aromatic carbocycles. The van der Waals surface area contributed by atoms with Crippen molar-refractivity contribution >= 4 is 11.9 Å². The van der Waals surface area contributed by atoms with E-state index < -0.39 is 23.6 Å². The number of carboxylic acids is 1. The number of aliphatic hydroxyl groups is 2. The summed E-state index contributed by atoms with van der Waals surface area (Å²) in [7, 11) is 0. The fourth-order valence-electron chi connectivity index (χ4n) is 7.92. The number of ether oxygens (including phenoxy) is 1. The van der Waals surface area contributed by atoms with Gasteiger partial charge in [0.05, 0.1) is 24.5 Å². The molecule has 0 heterocycles. The highest BCUT2D eigenvalue weighted by Crippen LogP contribution is 2.67. The smallest absolute Gasteiger partial charge is 0.306 e. The van der Waals surface area contributed by atoms with Gasteiger partial charge in [-0.05, 0) is 75.0 Å². The Labute approximate surface area is 185 Å². The SMILES string of the molecule is C[C@H](O)C1(O)CCC2C3CC=C4C[C@@H](OC(=O)CCC(=O)O)CCC4(C)C3CCC21C. The second-order valence-corrected chi connectivity index (χ2v) is 11.1. The number of allylic oxidation sites excluding steroid dienone is 1. The predicted molar refractivity (Wildman–Crippen MR) is 115 cm³/mol. The molecule has 0 spiro atoms. The minimum Gasteiger partial charge on any atom is -0.481 e. The Kier molecular flexibility index (Phi) is 5.79. The number of esters is 1. The lowest BCUT2D eigenvalue weighted by Gasteiger charge is -2.59. The third-order valence-corrected chi connectivity index (χ3v) is 9.81. The Bertz CT molecular complexity index is 774. The van der Waals surface area contributed by atoms with E-state index in [1.807, 2.05) is 0 Å². The van der Waals surface area contributed by atoms with Crippen LogP contribution < -0.4 is 0 Å². The topological polar surface area (TPSA) is 104 Å². The van der Waals surface area contributed by atoms with E-state index in [1.54, 1.807) is 6.92 Å². The quantitative estimate of drug-likeness (QED) is 0.449. The van der Waals surface area contributed by atoms with E-state index in [9.17, 15) is 19.8 Å². The first-order chi connectivity index (χ1) is 14.5. The van der Waals surface area contributed by atoms with E-state index in [4.69, 9.17) is 9.84 Å². The van der Waals surface area contributed by atoms with E-state index in [-0.39, 0.29) is 29.8 Å². The van der Waals surface area contributed by atoms with Crippen molar-refractivity contribution in [3.8, 4) is 0 Å². The van der Waals surface area contributed by atoms with E-state index in [1.165, 1.54) is 5.57 Å². The molecular weight excluding hydrogens is 396 g/mol. The van der Waals surface area contributed by atoms with Crippen LogP contribution in [0, 0.1) is 28.6 Å². The monoisotopic (exact) mass is 434 g/mol. The Morgan fingerprint density at radius 2 is 1.84 bits per heavy atom. The third-order valence-electron chi connectivity index (χ3n) is 9.81. The van der Waals surface area contributed by atoms with Crippen LogP contribution in [0.15, 0.2) is 11.6 Å². The standard InChI is InChI=1S/C25H38O6/c1-15(26)25(30)13-10-20-18-5-4-16-14-17(31-22(29)7-6-21(27)28)8-11-23(16,2)19(18)9-12-24(20,25)3/h4,15,17-20,26,30H,5-14H2,1-3H3,(H,27,28)/t15-,17-,18?,19?,20?,23?,24?,25?/m0/s1. The van der Waals surface area contributed by atoms with Gasteiger partial charge >= 0.3 is 11.9 Å². The summed E-state index contributed by atoms with van der Waals surface area (Å²) in [6.07, 6.45) is 8.42. The summed E-state index contributed by atoms with van der Waals surface area (Å²) in [4.78, 5) is 22.7. The van der Waals surface area contributed by atoms with Gasteiger partial charge in [-0.1, -0.05) is 25.5 Å². The van der Waals surface area contributed by atoms with Crippen molar-refractivity contribution in [1.29, 1.82) is 0 Å². The molecule has 0 aromatic heterocycles. The lowest BCUT2D eigenvalue weighted by atomic mass is 9.46. The summed E-state index contributed by atoms with van der Waals surface area (Å²) >= 11 is 0. The lowest BCUT2D eigenvalue weighted by Crippen LogP contribution is -2.58. The van der Waals surface area contributed by atoms with Crippen molar-refractivity contribution in [2.24, 2.45) is 28.6 Å². The molecule has 0 saturated heterocycles. The number of fused-ring (bicyclic) bond motifs is 5. The summed E-state index contributed by atoms with van der Waals surface area (Å²) < 4.78 is 5.61. The number of rotatable bonds is 5. The maximum absolute atomic E-state index is 12.0. The number of aliphatic hydroxyl groups excluding tert-OH is 1. The van der Waals surface area contributed by atoms with Gasteiger partial charge in [-0.25, -0.2) is 0 Å². The van der Waals surface area contributed by atoms with Crippen LogP contribution in [-0.4, -0.2) is 45.1 Å². The van der Waals surface area contributed by atoms with Crippen molar-refractivity contribution in [3.05, 3.63) is 11.6 Å². The summed E-state index contributed by atoms with van der Waals surface area (Å²) in [5.74, 6) is 0.113. The highest BCUT2D eigenvalue weighted by Gasteiger charge is 2.65. The molecular formula is C25H38O6.